The van der Waals surface area contributed by atoms with E-state index in [1.165, 1.54) is 21.9 Å². The highest BCUT2D eigenvalue weighted by molar-refractivity contribution is 6.17. The van der Waals surface area contributed by atoms with Crippen molar-refractivity contribution in [2.45, 2.75) is 0 Å². The highest BCUT2D eigenvalue weighted by Crippen LogP contribution is 2.43. The standard InChI is InChI=1S/C46H29NO2/c1-3-10-30(11-4-1)32-18-21-35(22-19-32)47(36-23-20-31-12-7-8-15-34(31)26-36)37-24-25-43-40(27-37)42-29-45-41(28-44(42)48-43)39-17-9-16-38(46(39)49-45)33-13-5-2-6-14-33/h1-29H. The maximum absolute atomic E-state index is 6.62. The molecule has 3 heteroatoms. The highest BCUT2D eigenvalue weighted by atomic mass is 16.3. The van der Waals surface area contributed by atoms with Crippen molar-refractivity contribution >= 4 is 71.7 Å². The SMILES string of the molecule is c1ccc(-c2ccc(N(c3ccc4ccccc4c3)c3ccc4oc5cc6c(cc5c4c3)oc3c(-c4ccccc4)cccc36)cc2)cc1. The highest BCUT2D eigenvalue weighted by Gasteiger charge is 2.19. The Morgan fingerprint density at radius 1 is 0.327 bits per heavy atom. The summed E-state index contributed by atoms with van der Waals surface area (Å²) in [5, 5.41) is 6.62. The fourth-order valence-corrected chi connectivity index (χ4v) is 7.24. The molecule has 0 saturated heterocycles. The minimum atomic E-state index is 0.844. The Kier molecular flexibility index (Phi) is 6.18. The van der Waals surface area contributed by atoms with Gasteiger partial charge in [-0.25, -0.2) is 0 Å². The zero-order valence-corrected chi connectivity index (χ0v) is 26.5. The largest absolute Gasteiger partial charge is 0.456 e. The van der Waals surface area contributed by atoms with Crippen LogP contribution in [0.15, 0.2) is 185 Å². The van der Waals surface area contributed by atoms with Crippen LogP contribution in [0, 0.1) is 0 Å². The average molecular weight is 628 g/mol. The van der Waals surface area contributed by atoms with Crippen molar-refractivity contribution in [3.8, 4) is 22.3 Å². The number of hydrogen-bond donors (Lipinski definition) is 0. The van der Waals surface area contributed by atoms with Gasteiger partial charge in [-0.3, -0.25) is 0 Å². The van der Waals surface area contributed by atoms with Crippen molar-refractivity contribution in [2.75, 3.05) is 4.90 Å². The summed E-state index contributed by atoms with van der Waals surface area (Å²) in [5.41, 5.74) is 11.3. The first-order chi connectivity index (χ1) is 24.3. The molecule has 0 spiro atoms. The van der Waals surface area contributed by atoms with E-state index >= 15 is 0 Å². The number of rotatable bonds is 5. The normalized spacial score (nSPS) is 11.7. The molecule has 0 amide bonds. The second-order valence-corrected chi connectivity index (χ2v) is 12.6. The van der Waals surface area contributed by atoms with Crippen LogP contribution in [0.4, 0.5) is 17.1 Å². The third-order valence-corrected chi connectivity index (χ3v) is 9.64. The van der Waals surface area contributed by atoms with Crippen LogP contribution in [0.1, 0.15) is 0 Å². The smallest absolute Gasteiger partial charge is 0.143 e. The summed E-state index contributed by atoms with van der Waals surface area (Å²) in [6.07, 6.45) is 0. The minimum absolute atomic E-state index is 0.844. The van der Waals surface area contributed by atoms with Gasteiger partial charge in [0.2, 0.25) is 0 Å². The lowest BCUT2D eigenvalue weighted by Gasteiger charge is -2.26. The molecule has 0 aliphatic rings. The lowest BCUT2D eigenvalue weighted by molar-refractivity contribution is 0.664. The number of anilines is 3. The first kappa shape index (κ1) is 27.5. The average Bonchev–Trinajstić information content (AvgIpc) is 3.72. The van der Waals surface area contributed by atoms with Crippen LogP contribution in [-0.2, 0) is 0 Å². The Labute approximate surface area is 282 Å². The lowest BCUT2D eigenvalue weighted by Crippen LogP contribution is -2.09. The molecular formula is C46H29NO2. The fourth-order valence-electron chi connectivity index (χ4n) is 7.24. The van der Waals surface area contributed by atoms with E-state index in [9.17, 15) is 0 Å². The van der Waals surface area contributed by atoms with Crippen molar-refractivity contribution in [3.63, 3.8) is 0 Å². The van der Waals surface area contributed by atoms with Crippen LogP contribution in [-0.4, -0.2) is 0 Å². The van der Waals surface area contributed by atoms with E-state index in [0.29, 0.717) is 0 Å². The predicted molar refractivity (Wildman–Crippen MR) is 204 cm³/mol. The van der Waals surface area contributed by atoms with E-state index in [2.05, 4.69) is 175 Å². The second kappa shape index (κ2) is 11.0. The summed E-state index contributed by atoms with van der Waals surface area (Å²) >= 11 is 0. The quantitative estimate of drug-likeness (QED) is 0.190. The fraction of sp³-hybridized carbons (Fsp3) is 0. The molecule has 2 aromatic heterocycles. The number of para-hydroxylation sites is 1. The Balaban J connectivity index is 1.14. The molecule has 10 rings (SSSR count). The van der Waals surface area contributed by atoms with Gasteiger partial charge in [0.15, 0.2) is 0 Å². The topological polar surface area (TPSA) is 29.5 Å². The van der Waals surface area contributed by atoms with Crippen LogP contribution < -0.4 is 4.90 Å². The molecule has 0 N–H and O–H groups in total. The predicted octanol–water partition coefficient (Wildman–Crippen LogP) is 13.4. The number of fused-ring (bicyclic) bond motifs is 7. The van der Waals surface area contributed by atoms with Crippen molar-refractivity contribution < 1.29 is 8.83 Å². The van der Waals surface area contributed by atoms with Crippen LogP contribution in [0.2, 0.25) is 0 Å². The molecule has 0 saturated carbocycles. The van der Waals surface area contributed by atoms with Crippen LogP contribution in [0.25, 0.3) is 76.9 Å². The van der Waals surface area contributed by atoms with Gasteiger partial charge < -0.3 is 13.7 Å². The Morgan fingerprint density at radius 2 is 0.918 bits per heavy atom. The molecule has 10 aromatic rings. The van der Waals surface area contributed by atoms with Crippen LogP contribution in [0.3, 0.4) is 0 Å². The number of nitrogens with zero attached hydrogens (tertiary/aromatic N) is 1. The summed E-state index contributed by atoms with van der Waals surface area (Å²) in [5.74, 6) is 0. The van der Waals surface area contributed by atoms with Crippen molar-refractivity contribution in [3.05, 3.63) is 176 Å². The number of benzene rings is 8. The van der Waals surface area contributed by atoms with Gasteiger partial charge in [0.05, 0.1) is 0 Å². The molecule has 0 aliphatic heterocycles. The number of hydrogen-bond acceptors (Lipinski definition) is 3. The first-order valence-corrected chi connectivity index (χ1v) is 16.6. The Morgan fingerprint density at radius 3 is 1.71 bits per heavy atom. The molecule has 0 bridgehead atoms. The van der Waals surface area contributed by atoms with Gasteiger partial charge in [0.1, 0.15) is 22.3 Å². The van der Waals surface area contributed by atoms with Crippen molar-refractivity contribution in [1.82, 2.24) is 0 Å². The maximum atomic E-state index is 6.62. The molecule has 0 unspecified atom stereocenters. The molecule has 0 aliphatic carbocycles. The molecule has 49 heavy (non-hydrogen) atoms. The molecule has 230 valence electrons. The zero-order valence-electron chi connectivity index (χ0n) is 26.5. The Bertz CT molecular complexity index is 2810. The minimum Gasteiger partial charge on any atom is -0.456 e. The molecule has 0 radical (unpaired) electrons. The van der Waals surface area contributed by atoms with Gasteiger partial charge in [0.25, 0.3) is 0 Å². The molecule has 0 fully saturated rings. The van der Waals surface area contributed by atoms with Crippen LogP contribution >= 0.6 is 0 Å². The summed E-state index contributed by atoms with van der Waals surface area (Å²) in [6, 6.07) is 62.0. The maximum Gasteiger partial charge on any atom is 0.143 e. The first-order valence-electron chi connectivity index (χ1n) is 16.6. The van der Waals surface area contributed by atoms with Gasteiger partial charge in [-0.15, -0.1) is 0 Å². The molecule has 8 aromatic carbocycles. The van der Waals surface area contributed by atoms with E-state index in [1.807, 2.05) is 6.07 Å². The third kappa shape index (κ3) is 4.59. The third-order valence-electron chi connectivity index (χ3n) is 9.64. The molecule has 2 heterocycles. The zero-order chi connectivity index (χ0) is 32.3. The number of furan rings is 2. The molecule has 0 atom stereocenters. The second-order valence-electron chi connectivity index (χ2n) is 12.6. The molecular weight excluding hydrogens is 599 g/mol. The van der Waals surface area contributed by atoms with Gasteiger partial charge in [0, 0.05) is 44.2 Å². The van der Waals surface area contributed by atoms with Gasteiger partial charge in [-0.05, 0) is 82.1 Å². The van der Waals surface area contributed by atoms with Gasteiger partial charge >= 0.3 is 0 Å². The van der Waals surface area contributed by atoms with Crippen molar-refractivity contribution in [2.24, 2.45) is 0 Å². The Hall–Kier alpha value is -6.58. The molecule has 3 nitrogen and oxygen atoms in total. The van der Waals surface area contributed by atoms with Crippen molar-refractivity contribution in [1.29, 1.82) is 0 Å². The summed E-state index contributed by atoms with van der Waals surface area (Å²) in [6.45, 7) is 0. The van der Waals surface area contributed by atoms with Gasteiger partial charge in [-0.1, -0.05) is 121 Å². The monoisotopic (exact) mass is 627 g/mol. The van der Waals surface area contributed by atoms with E-state index in [0.717, 1.165) is 72.1 Å². The summed E-state index contributed by atoms with van der Waals surface area (Å²) in [7, 11) is 0. The van der Waals surface area contributed by atoms with E-state index < -0.39 is 0 Å². The van der Waals surface area contributed by atoms with Gasteiger partial charge in [-0.2, -0.15) is 0 Å². The van der Waals surface area contributed by atoms with E-state index in [1.54, 1.807) is 0 Å². The summed E-state index contributed by atoms with van der Waals surface area (Å²) in [4.78, 5) is 2.32. The van der Waals surface area contributed by atoms with E-state index in [4.69, 9.17) is 8.83 Å². The lowest BCUT2D eigenvalue weighted by atomic mass is 10.0. The van der Waals surface area contributed by atoms with E-state index in [-0.39, 0.29) is 0 Å². The summed E-state index contributed by atoms with van der Waals surface area (Å²) < 4.78 is 13.1. The van der Waals surface area contributed by atoms with Crippen LogP contribution in [0.5, 0.6) is 0 Å².